The van der Waals surface area contributed by atoms with Crippen molar-refractivity contribution in [2.45, 2.75) is 20.8 Å². The summed E-state index contributed by atoms with van der Waals surface area (Å²) in [7, 11) is 0. The zero-order valence-electron chi connectivity index (χ0n) is 15.3. The van der Waals surface area contributed by atoms with E-state index < -0.39 is 0 Å². The summed E-state index contributed by atoms with van der Waals surface area (Å²) in [4.78, 5) is 12.3. The van der Waals surface area contributed by atoms with Crippen LogP contribution in [0.2, 0.25) is 0 Å². The van der Waals surface area contributed by atoms with Gasteiger partial charge < -0.3 is 19.3 Å². The fourth-order valence-electron chi connectivity index (χ4n) is 2.41. The first-order valence-corrected chi connectivity index (χ1v) is 8.66. The lowest BCUT2D eigenvalue weighted by atomic mass is 10.1. The molecular formula is C21H24O5. The maximum atomic E-state index is 12.3. The van der Waals surface area contributed by atoms with Crippen LogP contribution in [0.5, 0.6) is 23.0 Å². The Labute approximate surface area is 153 Å². The molecule has 0 saturated heterocycles. The molecule has 0 aliphatic rings. The normalized spacial score (nSPS) is 10.7. The number of phenolic OH excluding ortho intramolecular Hbond substituents is 1. The molecule has 0 spiro atoms. The van der Waals surface area contributed by atoms with Crippen LogP contribution in [0.25, 0.3) is 6.08 Å². The Hall–Kier alpha value is -2.95. The second-order valence-corrected chi connectivity index (χ2v) is 5.38. The van der Waals surface area contributed by atoms with Crippen molar-refractivity contribution in [2.75, 3.05) is 19.8 Å². The zero-order valence-corrected chi connectivity index (χ0v) is 15.3. The lowest BCUT2D eigenvalue weighted by Gasteiger charge is -2.11. The molecule has 0 bridgehead atoms. The van der Waals surface area contributed by atoms with Gasteiger partial charge in [0.15, 0.2) is 17.3 Å². The predicted molar refractivity (Wildman–Crippen MR) is 101 cm³/mol. The maximum Gasteiger partial charge on any atom is 0.189 e. The van der Waals surface area contributed by atoms with Crippen molar-refractivity contribution < 1.29 is 24.1 Å². The number of ketones is 1. The quantitative estimate of drug-likeness (QED) is 0.530. The SMILES string of the molecule is CCOc1ccc(C(=O)/C=C/c2ccc(OCC)c(OCC)c2)c(O)c1. The Morgan fingerprint density at radius 3 is 2.27 bits per heavy atom. The zero-order chi connectivity index (χ0) is 18.9. The smallest absolute Gasteiger partial charge is 0.189 e. The predicted octanol–water partition coefficient (Wildman–Crippen LogP) is 4.48. The minimum atomic E-state index is -0.294. The van der Waals surface area contributed by atoms with E-state index in [4.69, 9.17) is 14.2 Å². The lowest BCUT2D eigenvalue weighted by Crippen LogP contribution is -1.99. The summed E-state index contributed by atoms with van der Waals surface area (Å²) in [6.07, 6.45) is 3.09. The largest absolute Gasteiger partial charge is 0.507 e. The molecule has 0 atom stereocenters. The van der Waals surface area contributed by atoms with Gasteiger partial charge in [-0.1, -0.05) is 12.1 Å². The summed E-state index contributed by atoms with van der Waals surface area (Å²) in [6, 6.07) is 10.1. The maximum absolute atomic E-state index is 12.3. The summed E-state index contributed by atoms with van der Waals surface area (Å²) >= 11 is 0. The lowest BCUT2D eigenvalue weighted by molar-refractivity contribution is 0.104. The molecule has 2 aromatic rings. The van der Waals surface area contributed by atoms with E-state index in [1.165, 1.54) is 12.1 Å². The van der Waals surface area contributed by atoms with E-state index >= 15 is 0 Å². The Balaban J connectivity index is 2.18. The number of ether oxygens (including phenoxy) is 3. The Morgan fingerprint density at radius 1 is 0.923 bits per heavy atom. The van der Waals surface area contributed by atoms with E-state index in [9.17, 15) is 9.90 Å². The van der Waals surface area contributed by atoms with Crippen molar-refractivity contribution in [2.24, 2.45) is 0 Å². The first kappa shape index (κ1) is 19.4. The Kier molecular flexibility index (Phi) is 7.09. The molecule has 0 fully saturated rings. The van der Waals surface area contributed by atoms with Crippen LogP contribution in [0.15, 0.2) is 42.5 Å². The van der Waals surface area contributed by atoms with Gasteiger partial charge in [0.2, 0.25) is 0 Å². The minimum absolute atomic E-state index is 0.104. The van der Waals surface area contributed by atoms with Crippen molar-refractivity contribution in [1.82, 2.24) is 0 Å². The van der Waals surface area contributed by atoms with Gasteiger partial charge in [0, 0.05) is 6.07 Å². The van der Waals surface area contributed by atoms with E-state index in [-0.39, 0.29) is 17.1 Å². The van der Waals surface area contributed by atoms with Crippen LogP contribution in [0, 0.1) is 0 Å². The van der Waals surface area contributed by atoms with Gasteiger partial charge in [-0.2, -0.15) is 0 Å². The molecule has 0 aliphatic carbocycles. The number of carbonyl (C=O) groups excluding carboxylic acids is 1. The van der Waals surface area contributed by atoms with Crippen LogP contribution in [0.4, 0.5) is 0 Å². The van der Waals surface area contributed by atoms with Crippen molar-refractivity contribution in [1.29, 1.82) is 0 Å². The molecule has 138 valence electrons. The van der Waals surface area contributed by atoms with Gasteiger partial charge in [0.25, 0.3) is 0 Å². The molecule has 0 amide bonds. The fourth-order valence-corrected chi connectivity index (χ4v) is 2.41. The summed E-state index contributed by atoms with van der Waals surface area (Å²) in [5.74, 6) is 1.43. The third-order valence-corrected chi connectivity index (χ3v) is 3.54. The average molecular weight is 356 g/mol. The molecule has 0 aliphatic heterocycles. The van der Waals surface area contributed by atoms with Gasteiger partial charge in [0.1, 0.15) is 11.5 Å². The van der Waals surface area contributed by atoms with Crippen molar-refractivity contribution in [3.63, 3.8) is 0 Å². The first-order valence-electron chi connectivity index (χ1n) is 8.66. The molecule has 0 heterocycles. The fraction of sp³-hybridized carbons (Fsp3) is 0.286. The standard InChI is InChI=1S/C21H24O5/c1-4-24-16-9-10-17(19(23)14-16)18(22)11-7-15-8-12-20(25-5-2)21(13-15)26-6-3/h7-14,23H,4-6H2,1-3H3/b11-7+. The summed E-state index contributed by atoms with van der Waals surface area (Å²) in [6.45, 7) is 7.22. The summed E-state index contributed by atoms with van der Waals surface area (Å²) in [5.41, 5.74) is 1.02. The van der Waals surface area contributed by atoms with Crippen LogP contribution in [-0.4, -0.2) is 30.7 Å². The van der Waals surface area contributed by atoms with E-state index in [1.54, 1.807) is 18.2 Å². The number of phenols is 1. The molecule has 5 heteroatoms. The van der Waals surface area contributed by atoms with E-state index in [1.807, 2.05) is 39.0 Å². The molecule has 26 heavy (non-hydrogen) atoms. The van der Waals surface area contributed by atoms with Crippen LogP contribution in [0.3, 0.4) is 0 Å². The van der Waals surface area contributed by atoms with Crippen LogP contribution in [-0.2, 0) is 0 Å². The summed E-state index contributed by atoms with van der Waals surface area (Å²) < 4.78 is 16.4. The number of hydrogen-bond donors (Lipinski definition) is 1. The Morgan fingerprint density at radius 2 is 1.62 bits per heavy atom. The molecule has 1 N–H and O–H groups in total. The van der Waals surface area contributed by atoms with E-state index in [0.717, 1.165) is 5.56 Å². The highest BCUT2D eigenvalue weighted by atomic mass is 16.5. The number of aromatic hydroxyl groups is 1. The average Bonchev–Trinajstić information content (AvgIpc) is 2.62. The molecule has 0 radical (unpaired) electrons. The highest BCUT2D eigenvalue weighted by molar-refractivity contribution is 6.08. The van der Waals surface area contributed by atoms with Crippen molar-refractivity contribution in [3.05, 3.63) is 53.6 Å². The van der Waals surface area contributed by atoms with E-state index in [0.29, 0.717) is 37.1 Å². The molecule has 5 nitrogen and oxygen atoms in total. The van der Waals surface area contributed by atoms with Crippen molar-refractivity contribution in [3.8, 4) is 23.0 Å². The molecule has 0 unspecified atom stereocenters. The molecule has 2 aromatic carbocycles. The topological polar surface area (TPSA) is 65.0 Å². The second kappa shape index (κ2) is 9.51. The molecule has 0 saturated carbocycles. The number of carbonyl (C=O) groups is 1. The van der Waals surface area contributed by atoms with Crippen LogP contribution in [0.1, 0.15) is 36.7 Å². The van der Waals surface area contributed by atoms with Crippen LogP contribution >= 0.6 is 0 Å². The highest BCUT2D eigenvalue weighted by Crippen LogP contribution is 2.29. The first-order chi connectivity index (χ1) is 12.6. The van der Waals surface area contributed by atoms with Gasteiger partial charge in [-0.25, -0.2) is 0 Å². The third kappa shape index (κ3) is 5.02. The van der Waals surface area contributed by atoms with Gasteiger partial charge in [-0.3, -0.25) is 4.79 Å². The van der Waals surface area contributed by atoms with E-state index in [2.05, 4.69) is 0 Å². The summed E-state index contributed by atoms with van der Waals surface area (Å²) in [5, 5.41) is 10.0. The number of benzene rings is 2. The second-order valence-electron chi connectivity index (χ2n) is 5.38. The number of hydrogen-bond acceptors (Lipinski definition) is 5. The minimum Gasteiger partial charge on any atom is -0.507 e. The van der Waals surface area contributed by atoms with Gasteiger partial charge >= 0.3 is 0 Å². The number of allylic oxidation sites excluding steroid dienone is 1. The van der Waals surface area contributed by atoms with Gasteiger partial charge in [-0.15, -0.1) is 0 Å². The number of rotatable bonds is 9. The Bertz CT molecular complexity index is 780. The highest BCUT2D eigenvalue weighted by Gasteiger charge is 2.10. The van der Waals surface area contributed by atoms with Gasteiger partial charge in [0.05, 0.1) is 25.4 Å². The monoisotopic (exact) mass is 356 g/mol. The third-order valence-electron chi connectivity index (χ3n) is 3.54. The molecule has 2 rings (SSSR count). The van der Waals surface area contributed by atoms with Gasteiger partial charge in [-0.05, 0) is 56.7 Å². The van der Waals surface area contributed by atoms with Crippen molar-refractivity contribution >= 4 is 11.9 Å². The molecular weight excluding hydrogens is 332 g/mol. The van der Waals surface area contributed by atoms with Crippen LogP contribution < -0.4 is 14.2 Å². The molecule has 0 aromatic heterocycles.